The zero-order chi connectivity index (χ0) is 18.5. The maximum atomic E-state index is 11.9. The summed E-state index contributed by atoms with van der Waals surface area (Å²) in [5, 5.41) is 3.20. The number of para-hydroxylation sites is 1. The molecule has 1 N–H and O–H groups in total. The molecule has 0 heterocycles. The molecule has 1 aliphatic carbocycles. The number of hydrogen-bond donors (Lipinski definition) is 1. The number of carbonyl (C=O) groups excluding carboxylic acids is 2. The molecule has 1 aliphatic rings. The second-order valence-corrected chi connectivity index (χ2v) is 7.74. The quantitative estimate of drug-likeness (QED) is 0.551. The van der Waals surface area contributed by atoms with E-state index in [4.69, 9.17) is 27.9 Å². The van der Waals surface area contributed by atoms with E-state index < -0.39 is 11.9 Å². The van der Waals surface area contributed by atoms with Crippen molar-refractivity contribution < 1.29 is 14.3 Å². The topological polar surface area (TPSA) is 55.4 Å². The lowest BCUT2D eigenvalue weighted by Crippen LogP contribution is -2.22. The minimum absolute atomic E-state index is 0.152. The minimum Gasteiger partial charge on any atom is -0.455 e. The van der Waals surface area contributed by atoms with Crippen molar-refractivity contribution in [2.45, 2.75) is 24.2 Å². The predicted molar refractivity (Wildman–Crippen MR) is 105 cm³/mol. The fourth-order valence-corrected chi connectivity index (χ4v) is 4.01. The summed E-state index contributed by atoms with van der Waals surface area (Å²) in [4.78, 5) is 24.8. The van der Waals surface area contributed by atoms with Crippen LogP contribution in [0, 0.1) is 0 Å². The standard InChI is InChI=1S/C19H17Cl2NO3S/c20-15-5-2-6-16(21)19(15)22-17(23)10-25-18(24)11-26-14-8-7-12-3-1-4-13(12)9-14/h2,5-9H,1,3-4,10-11H2,(H,22,23). The van der Waals surface area contributed by atoms with Crippen molar-refractivity contribution in [2.24, 2.45) is 0 Å². The Balaban J connectivity index is 1.44. The van der Waals surface area contributed by atoms with E-state index >= 15 is 0 Å². The van der Waals surface area contributed by atoms with Crippen LogP contribution < -0.4 is 5.32 Å². The van der Waals surface area contributed by atoms with Gasteiger partial charge in [-0.05, 0) is 54.7 Å². The van der Waals surface area contributed by atoms with Crippen molar-refractivity contribution in [1.29, 1.82) is 0 Å². The fourth-order valence-electron chi connectivity index (χ4n) is 2.76. The second kappa shape index (κ2) is 8.80. The zero-order valence-electron chi connectivity index (χ0n) is 13.9. The van der Waals surface area contributed by atoms with Crippen molar-refractivity contribution in [3.8, 4) is 0 Å². The molecule has 0 aliphatic heterocycles. The van der Waals surface area contributed by atoms with Crippen LogP contribution in [0.15, 0.2) is 41.3 Å². The summed E-state index contributed by atoms with van der Waals surface area (Å²) in [5.41, 5.74) is 3.07. The van der Waals surface area contributed by atoms with Gasteiger partial charge in [0.2, 0.25) is 0 Å². The Morgan fingerprint density at radius 3 is 2.58 bits per heavy atom. The molecule has 0 fully saturated rings. The second-order valence-electron chi connectivity index (χ2n) is 5.88. The summed E-state index contributed by atoms with van der Waals surface area (Å²) in [6.07, 6.45) is 3.42. The van der Waals surface area contributed by atoms with Gasteiger partial charge in [-0.15, -0.1) is 11.8 Å². The number of anilines is 1. The molecule has 0 aromatic heterocycles. The van der Waals surface area contributed by atoms with Crippen LogP contribution in [0.25, 0.3) is 0 Å². The smallest absolute Gasteiger partial charge is 0.316 e. The van der Waals surface area contributed by atoms with Crippen LogP contribution in [-0.4, -0.2) is 24.2 Å². The number of hydrogen-bond acceptors (Lipinski definition) is 4. The largest absolute Gasteiger partial charge is 0.455 e. The molecule has 4 nitrogen and oxygen atoms in total. The van der Waals surface area contributed by atoms with E-state index in [2.05, 4.69) is 17.4 Å². The van der Waals surface area contributed by atoms with E-state index in [9.17, 15) is 9.59 Å². The van der Waals surface area contributed by atoms with Crippen molar-refractivity contribution >= 4 is 52.5 Å². The molecule has 0 radical (unpaired) electrons. The van der Waals surface area contributed by atoms with Crippen LogP contribution in [0.3, 0.4) is 0 Å². The number of fused-ring (bicyclic) bond motifs is 1. The average molecular weight is 410 g/mol. The number of nitrogens with one attached hydrogen (secondary N) is 1. The van der Waals surface area contributed by atoms with E-state index in [1.807, 2.05) is 6.07 Å². The van der Waals surface area contributed by atoms with Gasteiger partial charge in [-0.2, -0.15) is 0 Å². The number of amides is 1. The Kier molecular flexibility index (Phi) is 6.46. The number of ether oxygens (including phenoxy) is 1. The number of thioether (sulfide) groups is 1. The number of rotatable bonds is 6. The molecule has 136 valence electrons. The highest BCUT2D eigenvalue weighted by atomic mass is 35.5. The van der Waals surface area contributed by atoms with Gasteiger partial charge in [0.15, 0.2) is 6.61 Å². The molecule has 26 heavy (non-hydrogen) atoms. The molecular weight excluding hydrogens is 393 g/mol. The third-order valence-electron chi connectivity index (χ3n) is 4.02. The normalized spacial score (nSPS) is 12.5. The van der Waals surface area contributed by atoms with Crippen molar-refractivity contribution in [1.82, 2.24) is 0 Å². The molecule has 1 amide bonds. The van der Waals surface area contributed by atoms with Gasteiger partial charge in [0.1, 0.15) is 0 Å². The van der Waals surface area contributed by atoms with Crippen LogP contribution >= 0.6 is 35.0 Å². The highest BCUT2D eigenvalue weighted by molar-refractivity contribution is 8.00. The van der Waals surface area contributed by atoms with E-state index in [1.54, 1.807) is 18.2 Å². The number of carbonyl (C=O) groups is 2. The first kappa shape index (κ1) is 19.1. The van der Waals surface area contributed by atoms with Gasteiger partial charge in [0, 0.05) is 4.90 Å². The molecule has 0 atom stereocenters. The van der Waals surface area contributed by atoms with Crippen LogP contribution in [-0.2, 0) is 27.2 Å². The first-order chi connectivity index (χ1) is 12.5. The SMILES string of the molecule is O=C(COC(=O)CSc1ccc2c(c1)CCC2)Nc1c(Cl)cccc1Cl. The molecular formula is C19H17Cl2NO3S. The van der Waals surface area contributed by atoms with E-state index in [0.717, 1.165) is 17.7 Å². The highest BCUT2D eigenvalue weighted by Crippen LogP contribution is 2.30. The zero-order valence-corrected chi connectivity index (χ0v) is 16.2. The lowest BCUT2D eigenvalue weighted by atomic mass is 10.1. The number of halogens is 2. The Morgan fingerprint density at radius 1 is 1.08 bits per heavy atom. The first-order valence-corrected chi connectivity index (χ1v) is 9.91. The number of esters is 1. The molecule has 2 aromatic rings. The summed E-state index contributed by atoms with van der Waals surface area (Å²) in [6.45, 7) is -0.384. The molecule has 0 unspecified atom stereocenters. The van der Waals surface area contributed by atoms with Crippen molar-refractivity contribution in [3.63, 3.8) is 0 Å². The Bertz CT molecular complexity index is 821. The molecule has 0 saturated heterocycles. The summed E-state index contributed by atoms with van der Waals surface area (Å²) < 4.78 is 5.01. The Morgan fingerprint density at radius 2 is 1.81 bits per heavy atom. The maximum absolute atomic E-state index is 11.9. The summed E-state index contributed by atoms with van der Waals surface area (Å²) >= 11 is 13.4. The average Bonchev–Trinajstić information content (AvgIpc) is 3.09. The molecule has 0 spiro atoms. The van der Waals surface area contributed by atoms with Crippen molar-refractivity contribution in [2.75, 3.05) is 17.7 Å². The lowest BCUT2D eigenvalue weighted by molar-refractivity contribution is -0.144. The summed E-state index contributed by atoms with van der Waals surface area (Å²) in [5.74, 6) is -0.786. The summed E-state index contributed by atoms with van der Waals surface area (Å²) in [6, 6.07) is 11.2. The van der Waals surface area contributed by atoms with Crippen molar-refractivity contribution in [3.05, 3.63) is 57.6 Å². The first-order valence-electron chi connectivity index (χ1n) is 8.17. The minimum atomic E-state index is -0.490. The Hall–Kier alpha value is -1.69. The molecule has 7 heteroatoms. The molecule has 0 bridgehead atoms. The number of benzene rings is 2. The van der Waals surface area contributed by atoms with Gasteiger partial charge in [0.05, 0.1) is 21.5 Å². The molecule has 3 rings (SSSR count). The fraction of sp³-hybridized carbons (Fsp3) is 0.263. The third kappa shape index (κ3) is 4.93. The Labute approximate surface area is 166 Å². The van der Waals surface area contributed by atoms with Crippen LogP contribution in [0.1, 0.15) is 17.5 Å². The van der Waals surface area contributed by atoms with E-state index in [1.165, 1.54) is 29.3 Å². The lowest BCUT2D eigenvalue weighted by Gasteiger charge is -2.09. The van der Waals surface area contributed by atoms with E-state index in [-0.39, 0.29) is 12.4 Å². The summed E-state index contributed by atoms with van der Waals surface area (Å²) in [7, 11) is 0. The van der Waals surface area contributed by atoms with Gasteiger partial charge in [-0.3, -0.25) is 9.59 Å². The third-order valence-corrected chi connectivity index (χ3v) is 5.62. The highest BCUT2D eigenvalue weighted by Gasteiger charge is 2.14. The van der Waals surface area contributed by atoms with Gasteiger partial charge in [-0.1, -0.05) is 35.3 Å². The molecule has 0 saturated carbocycles. The van der Waals surface area contributed by atoms with Gasteiger partial charge in [0.25, 0.3) is 5.91 Å². The monoisotopic (exact) mass is 409 g/mol. The van der Waals surface area contributed by atoms with Gasteiger partial charge in [-0.25, -0.2) is 0 Å². The van der Waals surface area contributed by atoms with E-state index in [0.29, 0.717) is 15.7 Å². The maximum Gasteiger partial charge on any atom is 0.316 e. The van der Waals surface area contributed by atoms with Gasteiger partial charge >= 0.3 is 5.97 Å². The molecule has 2 aromatic carbocycles. The van der Waals surface area contributed by atoms with Crippen LogP contribution in [0.5, 0.6) is 0 Å². The predicted octanol–water partition coefficient (Wildman–Crippen LogP) is 4.76. The van der Waals surface area contributed by atoms with Crippen LogP contribution in [0.2, 0.25) is 10.0 Å². The number of aryl methyl sites for hydroxylation is 2. The van der Waals surface area contributed by atoms with Gasteiger partial charge < -0.3 is 10.1 Å². The van der Waals surface area contributed by atoms with Crippen LogP contribution in [0.4, 0.5) is 5.69 Å².